The van der Waals surface area contributed by atoms with Gasteiger partial charge in [-0.05, 0) is 195 Å². The highest BCUT2D eigenvalue weighted by molar-refractivity contribution is 6.12. The zero-order chi connectivity index (χ0) is 85.3. The van der Waals surface area contributed by atoms with Gasteiger partial charge in [-0.15, -0.1) is 0 Å². The summed E-state index contributed by atoms with van der Waals surface area (Å²) in [7, 11) is 8.31. The molecule has 0 aliphatic carbocycles. The summed E-state index contributed by atoms with van der Waals surface area (Å²) in [6.07, 6.45) is 9.64. The highest BCUT2D eigenvalue weighted by atomic mass is 16.4. The highest BCUT2D eigenvalue weighted by Gasteiger charge is 2.30. The Kier molecular flexibility index (Phi) is 22.2. The van der Waals surface area contributed by atoms with Crippen LogP contribution in [0.2, 0.25) is 0 Å². The van der Waals surface area contributed by atoms with E-state index in [-0.39, 0.29) is 11.8 Å². The van der Waals surface area contributed by atoms with Crippen LogP contribution in [0.25, 0.3) is 133 Å². The predicted molar refractivity (Wildman–Crippen MR) is 472 cm³/mol. The van der Waals surface area contributed by atoms with E-state index in [0.717, 1.165) is 181 Å². The molecule has 0 aliphatic heterocycles. The fourth-order valence-corrected chi connectivity index (χ4v) is 16.5. The third-order valence-electron chi connectivity index (χ3n) is 23.1. The Bertz CT molecular complexity index is 6540. The lowest BCUT2D eigenvalue weighted by molar-refractivity contribution is -0.661. The van der Waals surface area contributed by atoms with E-state index in [1.165, 1.54) is 55.9 Å². The van der Waals surface area contributed by atoms with Crippen molar-refractivity contribution in [2.45, 2.75) is 226 Å². The largest absolute Gasteiger partial charge is 0.437 e. The van der Waals surface area contributed by atoms with Crippen molar-refractivity contribution in [1.29, 1.82) is 0 Å². The van der Waals surface area contributed by atoms with Crippen LogP contribution in [0.5, 0.6) is 0 Å². The second kappa shape index (κ2) is 33.4. The molecule has 0 amide bonds. The lowest BCUT2D eigenvalue weighted by atomic mass is 9.94. The average molecular weight is 1530 g/mol. The fraction of sp³-hybridized carbons (Fsp3) is 0.373. The van der Waals surface area contributed by atoms with Crippen LogP contribution in [-0.2, 0) is 66.6 Å². The van der Waals surface area contributed by atoms with Crippen LogP contribution in [0.3, 0.4) is 0 Å². The molecule has 0 fully saturated rings. The molecule has 114 heavy (non-hydrogen) atoms. The van der Waals surface area contributed by atoms with E-state index in [4.69, 9.17) is 38.1 Å². The van der Waals surface area contributed by atoms with Gasteiger partial charge in [-0.2, -0.15) is 0 Å². The Morgan fingerprint density at radius 3 is 0.763 bits per heavy atom. The molecule has 0 saturated heterocycles. The van der Waals surface area contributed by atoms with E-state index < -0.39 is 12.7 Å². The first-order valence-corrected chi connectivity index (χ1v) is 41.3. The second-order valence-corrected chi connectivity index (χ2v) is 33.1. The van der Waals surface area contributed by atoms with Crippen molar-refractivity contribution in [1.82, 2.24) is 19.9 Å². The number of aromatic nitrogens is 8. The number of furan rings is 4. The fourth-order valence-electron chi connectivity index (χ4n) is 16.5. The Balaban J connectivity index is 0.000000136. The first kappa shape index (κ1) is 75.9. The predicted octanol–water partition coefficient (Wildman–Crippen LogP) is 25.2. The maximum atomic E-state index is 8.43. The third kappa shape index (κ3) is 15.4. The van der Waals surface area contributed by atoms with Gasteiger partial charge in [-0.1, -0.05) is 173 Å². The lowest BCUT2D eigenvalue weighted by Crippen LogP contribution is -2.32. The molecule has 12 heterocycles. The Hall–Kier alpha value is -10.7. The van der Waals surface area contributed by atoms with Gasteiger partial charge >= 0.3 is 0 Å². The number of aryl methyl sites for hydroxylation is 14. The number of rotatable bonds is 16. The number of pyridine rings is 8. The zero-order valence-electron chi connectivity index (χ0n) is 76.4. The first-order chi connectivity index (χ1) is 55.8. The van der Waals surface area contributed by atoms with Gasteiger partial charge in [0.15, 0.2) is 47.1 Å². The molecule has 0 aliphatic rings. The Labute approximate surface area is 681 Å². The molecule has 12 aromatic heterocycles. The van der Waals surface area contributed by atoms with Gasteiger partial charge in [0.1, 0.15) is 28.2 Å². The van der Waals surface area contributed by atoms with Crippen LogP contribution in [-0.4, -0.2) is 19.9 Å². The van der Waals surface area contributed by atoms with E-state index in [1.807, 2.05) is 26.2 Å². The zero-order valence-corrected chi connectivity index (χ0v) is 72.4. The van der Waals surface area contributed by atoms with Crippen molar-refractivity contribution < 1.29 is 41.4 Å². The molecule has 0 spiro atoms. The van der Waals surface area contributed by atoms with Gasteiger partial charge in [0.2, 0.25) is 45.6 Å². The quantitative estimate of drug-likeness (QED) is 0.0878. The molecule has 12 nitrogen and oxygen atoms in total. The molecule has 588 valence electrons. The molecule has 0 N–H and O–H groups in total. The monoisotopic (exact) mass is 1520 g/mol. The summed E-state index contributed by atoms with van der Waals surface area (Å²) in [6, 6.07) is 42.6. The minimum absolute atomic E-state index is 0.229. The lowest BCUT2D eigenvalue weighted by Gasteiger charge is -2.13. The van der Waals surface area contributed by atoms with Crippen molar-refractivity contribution in [3.05, 3.63) is 236 Å². The Morgan fingerprint density at radius 2 is 0.526 bits per heavy atom. The van der Waals surface area contributed by atoms with Gasteiger partial charge in [0, 0.05) is 118 Å². The van der Waals surface area contributed by atoms with E-state index in [0.29, 0.717) is 35.1 Å². The normalized spacial score (nSPS) is 12.7. The summed E-state index contributed by atoms with van der Waals surface area (Å²) in [4.78, 5) is 18.9. The summed E-state index contributed by atoms with van der Waals surface area (Å²) in [5.41, 5.74) is 32.7. The number of benzene rings is 4. The molecule has 0 atom stereocenters. The van der Waals surface area contributed by atoms with Crippen molar-refractivity contribution in [3.63, 3.8) is 0 Å². The summed E-state index contributed by atoms with van der Waals surface area (Å²) in [5.74, 6) is 2.18. The molecule has 0 radical (unpaired) electrons. The van der Waals surface area contributed by atoms with Crippen LogP contribution < -0.4 is 18.3 Å². The molecule has 0 unspecified atom stereocenters. The SMILES string of the molecule is CCc1cc(-c2c(C)ccc3c2oc2nc(C(C)C)ccc23)[n+](C)cc1C(C)C.CCc1ccc2c(n1)oc1c(-c3cc(CC)c(C(C)C)c[n+]3C)c(C)ccc12.[2H]C([2H])(C)c1cc(-c2c(C)ccc3c2oc2nc(C(C)C)ccc23)[n+](C)cc1C(C)C.[2H]C([2H])(C)c1cc(-c2c(C)ccc3c2oc2nc(CC)ccc23)[n+](C)cc1C(C)C. The number of fused-ring (bicyclic) bond motifs is 12. The molecule has 16 aromatic rings. The van der Waals surface area contributed by atoms with E-state index >= 15 is 0 Å². The molecular formula is C102H120N8O4+4. The van der Waals surface area contributed by atoms with Gasteiger partial charge in [-0.3, -0.25) is 0 Å². The van der Waals surface area contributed by atoms with Crippen molar-refractivity contribution >= 4 is 88.3 Å². The molecule has 12 heteroatoms. The molecule has 0 bridgehead atoms. The molecule has 4 aromatic carbocycles. The second-order valence-electron chi connectivity index (χ2n) is 33.1. The molecular weight excluding hydrogens is 1400 g/mol. The standard InChI is InChI=1S/2C26H31N2O.2C25H29N2O/c2*1-8-18-13-23(28(7)14-21(18)15(2)3)24-17(6)9-10-19-20-11-12-22(16(4)5)27-26(20)29-25(19)24;2*1-7-17-13-22(27(6)14-21(17)15(3)4)23-16(5)9-11-19-20-12-10-18(8-2)26-25(20)28-24(19)23/h2*9-16H,8H2,1-7H3;2*9-15H,7-8H2,1-6H3/q4*+1/i8D2;;7D2;. The average Bonchev–Trinajstić information content (AvgIpc) is 1.58. The van der Waals surface area contributed by atoms with Crippen LogP contribution in [0, 0.1) is 27.7 Å². The van der Waals surface area contributed by atoms with Crippen LogP contribution in [0.1, 0.15) is 255 Å². The van der Waals surface area contributed by atoms with E-state index in [2.05, 4.69) is 310 Å². The summed E-state index contributed by atoms with van der Waals surface area (Å²) < 4.78 is 67.7. The molecule has 0 saturated carbocycles. The van der Waals surface area contributed by atoms with E-state index in [1.54, 1.807) is 13.8 Å². The smallest absolute Gasteiger partial charge is 0.227 e. The van der Waals surface area contributed by atoms with Crippen molar-refractivity contribution in [3.8, 4) is 45.0 Å². The minimum Gasteiger partial charge on any atom is -0.437 e. The maximum Gasteiger partial charge on any atom is 0.227 e. The van der Waals surface area contributed by atoms with Crippen LogP contribution in [0.15, 0.2) is 164 Å². The maximum absolute atomic E-state index is 8.43. The van der Waals surface area contributed by atoms with Crippen molar-refractivity contribution in [2.24, 2.45) is 28.2 Å². The van der Waals surface area contributed by atoms with Gasteiger partial charge in [0.05, 0.1) is 22.3 Å². The minimum atomic E-state index is -1.44. The number of nitrogens with zero attached hydrogens (tertiary/aromatic N) is 8. The van der Waals surface area contributed by atoms with Gasteiger partial charge in [0.25, 0.3) is 0 Å². The van der Waals surface area contributed by atoms with Crippen LogP contribution in [0.4, 0.5) is 0 Å². The van der Waals surface area contributed by atoms with E-state index in [9.17, 15) is 0 Å². The first-order valence-electron chi connectivity index (χ1n) is 43.3. The summed E-state index contributed by atoms with van der Waals surface area (Å²) >= 11 is 0. The summed E-state index contributed by atoms with van der Waals surface area (Å²) in [5, 5.41) is 8.53. The molecule has 16 rings (SSSR count). The van der Waals surface area contributed by atoms with Gasteiger partial charge in [-0.25, -0.2) is 38.2 Å². The van der Waals surface area contributed by atoms with Gasteiger partial charge < -0.3 is 17.7 Å². The van der Waals surface area contributed by atoms with Crippen molar-refractivity contribution in [2.75, 3.05) is 0 Å². The number of hydrogen-bond donors (Lipinski definition) is 0. The topological polar surface area (TPSA) is 120 Å². The summed E-state index contributed by atoms with van der Waals surface area (Å²) in [6.45, 7) is 46.4. The number of hydrogen-bond acceptors (Lipinski definition) is 8. The highest BCUT2D eigenvalue weighted by Crippen LogP contribution is 2.43. The third-order valence-corrected chi connectivity index (χ3v) is 23.1. The van der Waals surface area contributed by atoms with Crippen LogP contribution >= 0.6 is 0 Å². The Morgan fingerprint density at radius 1 is 0.289 bits per heavy atom.